The Morgan fingerprint density at radius 2 is 1.79 bits per heavy atom. The maximum Gasteiger partial charge on any atom is 0.381 e. The molecule has 1 heterocycles. The molecule has 7 nitrogen and oxygen atoms in total. The Balaban J connectivity index is 3.46. The van der Waals surface area contributed by atoms with Crippen LogP contribution in [-0.2, 0) is 0 Å². The first-order valence-corrected chi connectivity index (χ1v) is 4.88. The zero-order valence-corrected chi connectivity index (χ0v) is 9.22. The van der Waals surface area contributed by atoms with Gasteiger partial charge < -0.3 is 5.32 Å². The summed E-state index contributed by atoms with van der Waals surface area (Å²) in [5, 5.41) is 23.8. The van der Waals surface area contributed by atoms with Crippen LogP contribution in [0.15, 0.2) is 3.79 Å². The Bertz CT molecular complexity index is 404. The summed E-state index contributed by atoms with van der Waals surface area (Å²) in [6.45, 7) is 0. The van der Waals surface area contributed by atoms with E-state index in [9.17, 15) is 20.2 Å². The summed E-state index contributed by atoms with van der Waals surface area (Å²) < 4.78 is 0.138. The van der Waals surface area contributed by atoms with Crippen molar-refractivity contribution in [3.63, 3.8) is 0 Å². The van der Waals surface area contributed by atoms with Crippen molar-refractivity contribution in [1.29, 1.82) is 0 Å². The molecule has 0 saturated carbocycles. The summed E-state index contributed by atoms with van der Waals surface area (Å²) in [4.78, 5) is 19.5. The molecular weight excluding hydrogens is 278 g/mol. The minimum atomic E-state index is -0.778. The van der Waals surface area contributed by atoms with E-state index in [2.05, 4.69) is 21.2 Å². The summed E-state index contributed by atoms with van der Waals surface area (Å²) in [5.74, 6) is 0. The van der Waals surface area contributed by atoms with Crippen LogP contribution in [0.5, 0.6) is 0 Å². The molecule has 9 heteroatoms. The molecule has 0 fully saturated rings. The van der Waals surface area contributed by atoms with Gasteiger partial charge in [-0.2, -0.15) is 0 Å². The van der Waals surface area contributed by atoms with Crippen LogP contribution in [-0.4, -0.2) is 16.9 Å². The number of nitro groups is 2. The van der Waals surface area contributed by atoms with E-state index in [0.717, 1.165) is 11.3 Å². The van der Waals surface area contributed by atoms with Gasteiger partial charge in [0.05, 0.1) is 9.85 Å². The van der Waals surface area contributed by atoms with Gasteiger partial charge in [-0.15, -0.1) is 0 Å². The highest BCUT2D eigenvalue weighted by atomic mass is 79.9. The molecule has 0 aliphatic rings. The van der Waals surface area contributed by atoms with E-state index in [4.69, 9.17) is 0 Å². The van der Waals surface area contributed by atoms with Gasteiger partial charge in [0, 0.05) is 7.05 Å². The largest absolute Gasteiger partial charge is 0.381 e. The monoisotopic (exact) mass is 281 g/mol. The second-order valence-electron chi connectivity index (χ2n) is 2.17. The lowest BCUT2D eigenvalue weighted by atomic mass is 10.4. The van der Waals surface area contributed by atoms with Gasteiger partial charge in [-0.1, -0.05) is 11.3 Å². The van der Waals surface area contributed by atoms with Crippen LogP contribution < -0.4 is 5.32 Å². The van der Waals surface area contributed by atoms with Crippen LogP contribution >= 0.6 is 27.3 Å². The molecule has 76 valence electrons. The molecule has 0 saturated heterocycles. The van der Waals surface area contributed by atoms with Crippen LogP contribution in [0.3, 0.4) is 0 Å². The van der Waals surface area contributed by atoms with Crippen molar-refractivity contribution in [2.45, 2.75) is 0 Å². The molecule has 0 atom stereocenters. The summed E-state index contributed by atoms with van der Waals surface area (Å²) >= 11 is 3.83. The van der Waals surface area contributed by atoms with Crippen molar-refractivity contribution in [1.82, 2.24) is 0 Å². The molecule has 0 amide bonds. The second-order valence-corrected chi connectivity index (χ2v) is 4.50. The van der Waals surface area contributed by atoms with E-state index in [1.165, 1.54) is 7.05 Å². The molecule has 0 aliphatic heterocycles. The fourth-order valence-electron chi connectivity index (χ4n) is 0.884. The standard InChI is InChI=1S/C5H4BrN3O4S/c1-7-5-3(9(12)13)2(8(10)11)4(6)14-5/h7H,1H3. The number of halogens is 1. The minimum Gasteiger partial charge on any atom is -0.374 e. The number of hydrogen-bond acceptors (Lipinski definition) is 6. The number of anilines is 1. The Morgan fingerprint density at radius 1 is 1.29 bits per heavy atom. The van der Waals surface area contributed by atoms with Gasteiger partial charge in [0.25, 0.3) is 0 Å². The summed E-state index contributed by atoms with van der Waals surface area (Å²) in [6, 6.07) is 0. The van der Waals surface area contributed by atoms with Gasteiger partial charge >= 0.3 is 11.4 Å². The maximum atomic E-state index is 10.6. The maximum absolute atomic E-state index is 10.6. The average Bonchev–Trinajstić information content (AvgIpc) is 2.41. The van der Waals surface area contributed by atoms with Crippen molar-refractivity contribution in [2.75, 3.05) is 12.4 Å². The quantitative estimate of drug-likeness (QED) is 0.677. The number of thiophene rings is 1. The Hall–Kier alpha value is -1.22. The second kappa shape index (κ2) is 3.88. The highest BCUT2D eigenvalue weighted by Crippen LogP contribution is 2.47. The summed E-state index contributed by atoms with van der Waals surface area (Å²) in [7, 11) is 1.47. The van der Waals surface area contributed by atoms with E-state index in [1.807, 2.05) is 0 Å². The van der Waals surface area contributed by atoms with Crippen molar-refractivity contribution in [2.24, 2.45) is 0 Å². The van der Waals surface area contributed by atoms with E-state index < -0.39 is 21.2 Å². The normalized spacial score (nSPS) is 9.86. The van der Waals surface area contributed by atoms with Crippen LogP contribution in [0.2, 0.25) is 0 Å². The molecule has 0 radical (unpaired) electrons. The van der Waals surface area contributed by atoms with E-state index in [-0.39, 0.29) is 8.79 Å². The molecule has 14 heavy (non-hydrogen) atoms. The minimum absolute atomic E-state index is 0.138. The van der Waals surface area contributed by atoms with Gasteiger partial charge in [0.15, 0.2) is 8.79 Å². The molecule has 0 unspecified atom stereocenters. The third-order valence-electron chi connectivity index (χ3n) is 1.41. The third kappa shape index (κ3) is 1.68. The Morgan fingerprint density at radius 3 is 2.14 bits per heavy atom. The first-order valence-electron chi connectivity index (χ1n) is 3.27. The van der Waals surface area contributed by atoms with Crippen LogP contribution in [0, 0.1) is 20.2 Å². The fourth-order valence-corrected chi connectivity index (χ4v) is 2.52. The van der Waals surface area contributed by atoms with E-state index >= 15 is 0 Å². The highest BCUT2D eigenvalue weighted by molar-refractivity contribution is 9.11. The summed E-state index contributed by atoms with van der Waals surface area (Å²) in [6.07, 6.45) is 0. The molecule has 1 N–H and O–H groups in total. The van der Waals surface area contributed by atoms with Crippen LogP contribution in [0.1, 0.15) is 0 Å². The lowest BCUT2D eigenvalue weighted by Crippen LogP contribution is -1.96. The predicted octanol–water partition coefficient (Wildman–Crippen LogP) is 2.37. The molecule has 0 aromatic carbocycles. The first kappa shape index (κ1) is 10.9. The molecular formula is C5H4BrN3O4S. The Kier molecular flexibility index (Phi) is 3.01. The molecule has 0 spiro atoms. The highest BCUT2D eigenvalue weighted by Gasteiger charge is 2.35. The molecule has 0 aliphatic carbocycles. The number of hydrogen-bond donors (Lipinski definition) is 1. The number of nitrogens with zero attached hydrogens (tertiary/aromatic N) is 2. The van der Waals surface area contributed by atoms with Gasteiger partial charge in [0.1, 0.15) is 0 Å². The van der Waals surface area contributed by atoms with E-state index in [0.29, 0.717) is 0 Å². The molecule has 1 aromatic rings. The number of nitrogens with one attached hydrogen (secondary N) is 1. The van der Waals surface area contributed by atoms with Crippen molar-refractivity contribution >= 4 is 43.6 Å². The third-order valence-corrected chi connectivity index (χ3v) is 3.24. The predicted molar refractivity (Wildman–Crippen MR) is 54.9 cm³/mol. The zero-order chi connectivity index (χ0) is 10.9. The van der Waals surface area contributed by atoms with Gasteiger partial charge in [-0.25, -0.2) is 0 Å². The van der Waals surface area contributed by atoms with Crippen molar-refractivity contribution in [3.05, 3.63) is 24.0 Å². The topological polar surface area (TPSA) is 98.3 Å². The lowest BCUT2D eigenvalue weighted by molar-refractivity contribution is -0.421. The average molecular weight is 282 g/mol. The molecule has 1 rings (SSSR count). The lowest BCUT2D eigenvalue weighted by Gasteiger charge is -1.92. The van der Waals surface area contributed by atoms with Crippen molar-refractivity contribution in [3.8, 4) is 0 Å². The molecule has 0 bridgehead atoms. The van der Waals surface area contributed by atoms with Gasteiger partial charge in [-0.3, -0.25) is 20.2 Å². The van der Waals surface area contributed by atoms with E-state index in [1.54, 1.807) is 0 Å². The van der Waals surface area contributed by atoms with Gasteiger partial charge in [0.2, 0.25) is 0 Å². The van der Waals surface area contributed by atoms with Crippen molar-refractivity contribution < 1.29 is 9.85 Å². The fraction of sp³-hybridized carbons (Fsp3) is 0.200. The smallest absolute Gasteiger partial charge is 0.374 e. The van der Waals surface area contributed by atoms with Gasteiger partial charge in [-0.05, 0) is 15.9 Å². The zero-order valence-electron chi connectivity index (χ0n) is 6.81. The number of rotatable bonds is 3. The molecule has 1 aromatic heterocycles. The summed E-state index contributed by atoms with van der Waals surface area (Å²) in [5.41, 5.74) is -1.02. The Labute approximate surface area is 90.2 Å². The SMILES string of the molecule is CNc1sc(Br)c([N+](=O)[O-])c1[N+](=O)[O-]. The first-order chi connectivity index (χ1) is 6.49. The van der Waals surface area contributed by atoms with Crippen LogP contribution in [0.4, 0.5) is 16.4 Å². The van der Waals surface area contributed by atoms with Crippen LogP contribution in [0.25, 0.3) is 0 Å².